The summed E-state index contributed by atoms with van der Waals surface area (Å²) in [5, 5.41) is 4.32. The molecule has 2 aromatic rings. The molecule has 0 unspecified atom stereocenters. The van der Waals surface area contributed by atoms with Crippen LogP contribution in [0.5, 0.6) is 0 Å². The van der Waals surface area contributed by atoms with E-state index in [-0.39, 0.29) is 10.7 Å². The lowest BCUT2D eigenvalue weighted by Gasteiger charge is -2.17. The summed E-state index contributed by atoms with van der Waals surface area (Å²) in [6, 6.07) is 3.91. The van der Waals surface area contributed by atoms with E-state index in [9.17, 15) is 0 Å². The number of hydrogen-bond donors (Lipinski definition) is 1. The first kappa shape index (κ1) is 10.2. The number of nitrogen functional groups attached to an aromatic ring is 1. The first-order valence-electron chi connectivity index (χ1n) is 4.71. The Morgan fingerprint density at radius 1 is 1.33 bits per heavy atom. The number of rotatable bonds is 0. The van der Waals surface area contributed by atoms with Gasteiger partial charge in [-0.2, -0.15) is 4.98 Å². The Hall–Kier alpha value is -1.29. The second-order valence-corrected chi connectivity index (χ2v) is 4.87. The number of hydrogen-bond acceptors (Lipinski definition) is 3. The maximum absolute atomic E-state index is 5.78. The molecule has 0 fully saturated rings. The highest BCUT2D eigenvalue weighted by Gasteiger charge is 2.19. The molecule has 0 saturated heterocycles. The summed E-state index contributed by atoms with van der Waals surface area (Å²) in [7, 11) is 0. The van der Waals surface area contributed by atoms with Gasteiger partial charge in [-0.25, -0.2) is 4.52 Å². The lowest BCUT2D eigenvalue weighted by Crippen LogP contribution is -2.16. The monoisotopic (exact) mass is 224 g/mol. The highest BCUT2D eigenvalue weighted by atomic mass is 35.5. The number of nitrogens with two attached hydrogens (primary N) is 1. The fourth-order valence-electron chi connectivity index (χ4n) is 1.56. The molecule has 0 spiro atoms. The second-order valence-electron chi connectivity index (χ2n) is 4.53. The minimum Gasteiger partial charge on any atom is -0.382 e. The predicted molar refractivity (Wildman–Crippen MR) is 61.1 cm³/mol. The van der Waals surface area contributed by atoms with Crippen LogP contribution >= 0.6 is 11.6 Å². The standard InChI is InChI=1S/C10H13ClN4/c1-10(2,3)7-5-4-6-8(12)13-9(11)14-15(6)7/h4-5H,1-3H3,(H2,12,13,14). The first-order valence-corrected chi connectivity index (χ1v) is 5.08. The molecule has 0 atom stereocenters. The van der Waals surface area contributed by atoms with E-state index in [1.807, 2.05) is 12.1 Å². The molecule has 0 radical (unpaired) electrons. The number of anilines is 1. The Bertz CT molecular complexity index is 510. The number of nitrogens with zero attached hydrogens (tertiary/aromatic N) is 3. The van der Waals surface area contributed by atoms with Gasteiger partial charge in [-0.3, -0.25) is 0 Å². The van der Waals surface area contributed by atoms with Gasteiger partial charge in [0.2, 0.25) is 5.28 Å². The first-order chi connectivity index (χ1) is 6.89. The summed E-state index contributed by atoms with van der Waals surface area (Å²) in [5.74, 6) is 0.408. The predicted octanol–water partition coefficient (Wildman–Crippen LogP) is 2.26. The third kappa shape index (κ3) is 1.65. The Kier molecular flexibility index (Phi) is 2.12. The molecule has 80 valence electrons. The summed E-state index contributed by atoms with van der Waals surface area (Å²) in [4.78, 5) is 3.91. The van der Waals surface area contributed by atoms with Crippen LogP contribution < -0.4 is 5.73 Å². The van der Waals surface area contributed by atoms with E-state index in [1.54, 1.807) is 4.52 Å². The van der Waals surface area contributed by atoms with Crippen LogP contribution in [0.1, 0.15) is 26.5 Å². The normalized spacial score (nSPS) is 12.3. The minimum atomic E-state index is -0.00343. The third-order valence-corrected chi connectivity index (χ3v) is 2.44. The summed E-state index contributed by atoms with van der Waals surface area (Å²) in [6.07, 6.45) is 0. The van der Waals surface area contributed by atoms with E-state index in [4.69, 9.17) is 17.3 Å². The van der Waals surface area contributed by atoms with E-state index < -0.39 is 0 Å². The SMILES string of the molecule is CC(C)(C)c1ccc2c(N)nc(Cl)nn12. The number of fused-ring (bicyclic) bond motifs is 1. The third-order valence-electron chi connectivity index (χ3n) is 2.28. The van der Waals surface area contributed by atoms with E-state index >= 15 is 0 Å². The van der Waals surface area contributed by atoms with Crippen LogP contribution in [0.25, 0.3) is 5.52 Å². The molecule has 15 heavy (non-hydrogen) atoms. The van der Waals surface area contributed by atoms with Crippen molar-refractivity contribution < 1.29 is 0 Å². The molecule has 2 heterocycles. The molecular weight excluding hydrogens is 212 g/mol. The van der Waals surface area contributed by atoms with Crippen molar-refractivity contribution in [3.05, 3.63) is 23.1 Å². The van der Waals surface area contributed by atoms with Gasteiger partial charge in [0.1, 0.15) is 5.52 Å². The van der Waals surface area contributed by atoms with Crippen molar-refractivity contribution in [1.82, 2.24) is 14.6 Å². The molecule has 0 amide bonds. The molecule has 0 saturated carbocycles. The molecule has 0 aliphatic carbocycles. The van der Waals surface area contributed by atoms with Crippen molar-refractivity contribution in [2.75, 3.05) is 5.73 Å². The van der Waals surface area contributed by atoms with Crippen LogP contribution in [-0.4, -0.2) is 14.6 Å². The van der Waals surface area contributed by atoms with Gasteiger partial charge >= 0.3 is 0 Å². The Balaban J connectivity index is 2.80. The van der Waals surface area contributed by atoms with E-state index in [2.05, 4.69) is 30.9 Å². The lowest BCUT2D eigenvalue weighted by molar-refractivity contribution is 0.550. The van der Waals surface area contributed by atoms with Gasteiger partial charge < -0.3 is 5.73 Å². The molecule has 5 heteroatoms. The lowest BCUT2D eigenvalue weighted by atomic mass is 9.93. The van der Waals surface area contributed by atoms with Gasteiger partial charge in [-0.15, -0.1) is 5.10 Å². The molecule has 4 nitrogen and oxygen atoms in total. The van der Waals surface area contributed by atoms with Crippen molar-refractivity contribution in [2.45, 2.75) is 26.2 Å². The molecule has 2 aromatic heterocycles. The van der Waals surface area contributed by atoms with Crippen molar-refractivity contribution in [1.29, 1.82) is 0 Å². The zero-order valence-corrected chi connectivity index (χ0v) is 9.71. The van der Waals surface area contributed by atoms with Crippen molar-refractivity contribution >= 4 is 22.9 Å². The fraction of sp³-hybridized carbons (Fsp3) is 0.400. The van der Waals surface area contributed by atoms with Crippen LogP contribution in [0.2, 0.25) is 5.28 Å². The van der Waals surface area contributed by atoms with E-state index in [1.165, 1.54) is 0 Å². The molecular formula is C10H13ClN4. The number of aromatic nitrogens is 3. The average molecular weight is 225 g/mol. The van der Waals surface area contributed by atoms with Crippen molar-refractivity contribution in [3.8, 4) is 0 Å². The second kappa shape index (κ2) is 3.10. The van der Waals surface area contributed by atoms with Gasteiger partial charge in [-0.1, -0.05) is 20.8 Å². The average Bonchev–Trinajstić information content (AvgIpc) is 2.45. The summed E-state index contributed by atoms with van der Waals surface area (Å²) < 4.78 is 1.75. The van der Waals surface area contributed by atoms with Crippen LogP contribution in [0.4, 0.5) is 5.82 Å². The topological polar surface area (TPSA) is 56.2 Å². The van der Waals surface area contributed by atoms with Gasteiger partial charge in [0.05, 0.1) is 0 Å². The summed E-state index contributed by atoms with van der Waals surface area (Å²) in [6.45, 7) is 6.34. The van der Waals surface area contributed by atoms with Crippen LogP contribution in [0.15, 0.2) is 12.1 Å². The Labute approximate surface area is 93.1 Å². The molecule has 0 bridgehead atoms. The minimum absolute atomic E-state index is 0.00343. The Morgan fingerprint density at radius 2 is 2.00 bits per heavy atom. The molecule has 2 N–H and O–H groups in total. The number of halogens is 1. The summed E-state index contributed by atoms with van der Waals surface area (Å²) >= 11 is 5.78. The highest BCUT2D eigenvalue weighted by Crippen LogP contribution is 2.25. The van der Waals surface area contributed by atoms with Gasteiger partial charge in [0.15, 0.2) is 5.82 Å². The molecule has 0 aromatic carbocycles. The smallest absolute Gasteiger partial charge is 0.243 e. The largest absolute Gasteiger partial charge is 0.382 e. The zero-order valence-electron chi connectivity index (χ0n) is 8.95. The zero-order chi connectivity index (χ0) is 11.2. The maximum Gasteiger partial charge on any atom is 0.243 e. The molecule has 0 aliphatic heterocycles. The van der Waals surface area contributed by atoms with Crippen molar-refractivity contribution in [2.24, 2.45) is 0 Å². The Morgan fingerprint density at radius 3 is 2.60 bits per heavy atom. The van der Waals surface area contributed by atoms with Crippen LogP contribution in [-0.2, 0) is 5.41 Å². The van der Waals surface area contributed by atoms with Gasteiger partial charge in [0.25, 0.3) is 0 Å². The van der Waals surface area contributed by atoms with Crippen LogP contribution in [0, 0.1) is 0 Å². The molecule has 2 rings (SSSR count). The quantitative estimate of drug-likeness (QED) is 0.747. The van der Waals surface area contributed by atoms with Crippen LogP contribution in [0.3, 0.4) is 0 Å². The molecule has 0 aliphatic rings. The van der Waals surface area contributed by atoms with E-state index in [0.29, 0.717) is 5.82 Å². The fourth-order valence-corrected chi connectivity index (χ4v) is 1.73. The highest BCUT2D eigenvalue weighted by molar-refractivity contribution is 6.28. The van der Waals surface area contributed by atoms with Gasteiger partial charge in [0, 0.05) is 11.1 Å². The summed E-state index contributed by atoms with van der Waals surface area (Å²) in [5.41, 5.74) is 7.61. The van der Waals surface area contributed by atoms with Crippen molar-refractivity contribution in [3.63, 3.8) is 0 Å². The van der Waals surface area contributed by atoms with Gasteiger partial charge in [-0.05, 0) is 23.7 Å². The maximum atomic E-state index is 5.78. The van der Waals surface area contributed by atoms with E-state index in [0.717, 1.165) is 11.2 Å².